The molecule has 1 aliphatic rings. The van der Waals surface area contributed by atoms with Gasteiger partial charge in [-0.15, -0.1) is 0 Å². The van der Waals surface area contributed by atoms with Crippen LogP contribution in [0, 0.1) is 0 Å². The summed E-state index contributed by atoms with van der Waals surface area (Å²) in [5.74, 6) is -1.07. The summed E-state index contributed by atoms with van der Waals surface area (Å²) >= 11 is 0. The van der Waals surface area contributed by atoms with Gasteiger partial charge in [0.25, 0.3) is 5.91 Å². The first-order valence-corrected chi connectivity index (χ1v) is 9.20. The Morgan fingerprint density at radius 3 is 2.42 bits per heavy atom. The Kier molecular flexibility index (Phi) is 5.61. The molecule has 24 heavy (non-hydrogen) atoms. The van der Waals surface area contributed by atoms with Crippen LogP contribution in [0.15, 0.2) is 29.2 Å². The lowest BCUT2D eigenvalue weighted by atomic mass is 10.2. The van der Waals surface area contributed by atoms with E-state index in [2.05, 4.69) is 0 Å². The SMILES string of the molecule is C[C@H](OC(=O)c1cccc(S(=O)(=O)N2CCCC2)c1)C(=O)N(C)C. The molecular weight excluding hydrogens is 332 g/mol. The number of benzene rings is 1. The van der Waals surface area contributed by atoms with Crippen molar-refractivity contribution < 1.29 is 22.7 Å². The average molecular weight is 354 g/mol. The summed E-state index contributed by atoms with van der Waals surface area (Å²) in [7, 11) is -0.472. The van der Waals surface area contributed by atoms with E-state index in [0.717, 1.165) is 12.8 Å². The predicted octanol–water partition coefficient (Wildman–Crippen LogP) is 1.10. The molecule has 0 spiro atoms. The maximum atomic E-state index is 12.5. The molecule has 1 aromatic carbocycles. The molecule has 1 saturated heterocycles. The molecule has 1 atom stereocenters. The van der Waals surface area contributed by atoms with Crippen LogP contribution in [0.3, 0.4) is 0 Å². The molecule has 0 aliphatic carbocycles. The predicted molar refractivity (Wildman–Crippen MR) is 88.0 cm³/mol. The molecule has 1 aromatic rings. The summed E-state index contributed by atoms with van der Waals surface area (Å²) in [4.78, 5) is 25.3. The van der Waals surface area contributed by atoms with E-state index in [1.54, 1.807) is 14.1 Å². The van der Waals surface area contributed by atoms with E-state index >= 15 is 0 Å². The van der Waals surface area contributed by atoms with E-state index in [9.17, 15) is 18.0 Å². The van der Waals surface area contributed by atoms with Crippen molar-refractivity contribution in [3.8, 4) is 0 Å². The van der Waals surface area contributed by atoms with Crippen molar-refractivity contribution in [3.05, 3.63) is 29.8 Å². The lowest BCUT2D eigenvalue weighted by Crippen LogP contribution is -2.35. The van der Waals surface area contributed by atoms with Gasteiger partial charge in [-0.3, -0.25) is 4.79 Å². The molecule has 0 N–H and O–H groups in total. The number of carbonyl (C=O) groups excluding carboxylic acids is 2. The van der Waals surface area contributed by atoms with Crippen LogP contribution < -0.4 is 0 Å². The highest BCUT2D eigenvalue weighted by Gasteiger charge is 2.28. The Labute approximate surface area is 142 Å². The Balaban J connectivity index is 2.18. The van der Waals surface area contributed by atoms with Gasteiger partial charge in [-0.1, -0.05) is 6.07 Å². The summed E-state index contributed by atoms with van der Waals surface area (Å²) in [5.41, 5.74) is 0.105. The third-order valence-electron chi connectivity index (χ3n) is 3.84. The normalized spacial score (nSPS) is 16.6. The van der Waals surface area contributed by atoms with Gasteiger partial charge >= 0.3 is 5.97 Å². The highest BCUT2D eigenvalue weighted by Crippen LogP contribution is 2.22. The number of nitrogens with zero attached hydrogens (tertiary/aromatic N) is 2. The molecule has 7 nitrogen and oxygen atoms in total. The van der Waals surface area contributed by atoms with Crippen molar-refractivity contribution in [3.63, 3.8) is 0 Å². The number of esters is 1. The molecule has 0 bridgehead atoms. The number of ether oxygens (including phenoxy) is 1. The second-order valence-corrected chi connectivity index (χ2v) is 7.86. The van der Waals surface area contributed by atoms with Crippen LogP contribution in [0.2, 0.25) is 0 Å². The Hall–Kier alpha value is -1.93. The van der Waals surface area contributed by atoms with Gasteiger partial charge in [0.2, 0.25) is 10.0 Å². The number of carbonyl (C=O) groups is 2. The molecule has 0 radical (unpaired) electrons. The molecule has 1 heterocycles. The number of sulfonamides is 1. The van der Waals surface area contributed by atoms with Gasteiger partial charge in [-0.2, -0.15) is 4.31 Å². The van der Waals surface area contributed by atoms with Crippen molar-refractivity contribution in [2.45, 2.75) is 30.8 Å². The van der Waals surface area contributed by atoms with E-state index in [1.165, 1.54) is 40.4 Å². The average Bonchev–Trinajstić information content (AvgIpc) is 3.09. The molecule has 132 valence electrons. The van der Waals surface area contributed by atoms with Gasteiger partial charge in [0.15, 0.2) is 6.10 Å². The summed E-state index contributed by atoms with van der Waals surface area (Å²) in [6.07, 6.45) is 0.738. The standard InChI is InChI=1S/C16H22N2O5S/c1-12(15(19)17(2)3)23-16(20)13-7-6-8-14(11-13)24(21,22)18-9-4-5-10-18/h6-8,11-12H,4-5,9-10H2,1-3H3/t12-/m0/s1. The fourth-order valence-corrected chi connectivity index (χ4v) is 4.07. The lowest BCUT2D eigenvalue weighted by Gasteiger charge is -2.18. The zero-order valence-electron chi connectivity index (χ0n) is 14.1. The van der Waals surface area contributed by atoms with Gasteiger partial charge in [-0.25, -0.2) is 13.2 Å². The molecule has 0 aromatic heterocycles. The van der Waals surface area contributed by atoms with Crippen LogP contribution in [0.5, 0.6) is 0 Å². The largest absolute Gasteiger partial charge is 0.449 e. The minimum absolute atomic E-state index is 0.0606. The van der Waals surface area contributed by atoms with Gasteiger partial charge in [0.05, 0.1) is 10.5 Å². The third kappa shape index (κ3) is 3.93. The molecule has 2 rings (SSSR count). The zero-order valence-corrected chi connectivity index (χ0v) is 14.9. The second kappa shape index (κ2) is 7.31. The van der Waals surface area contributed by atoms with E-state index in [4.69, 9.17) is 4.74 Å². The molecule has 1 amide bonds. The van der Waals surface area contributed by atoms with E-state index in [-0.39, 0.29) is 16.4 Å². The lowest BCUT2D eigenvalue weighted by molar-refractivity contribution is -0.137. The number of hydrogen-bond donors (Lipinski definition) is 0. The quantitative estimate of drug-likeness (QED) is 0.740. The number of amides is 1. The Bertz CT molecular complexity index is 724. The van der Waals surface area contributed by atoms with Crippen molar-refractivity contribution in [1.29, 1.82) is 0 Å². The second-order valence-electron chi connectivity index (χ2n) is 5.92. The molecule has 0 saturated carbocycles. The summed E-state index contributed by atoms with van der Waals surface area (Å²) < 4.78 is 31.6. The topological polar surface area (TPSA) is 84.0 Å². The van der Waals surface area contributed by atoms with Gasteiger partial charge < -0.3 is 9.64 Å². The first-order chi connectivity index (χ1) is 11.2. The van der Waals surface area contributed by atoms with Crippen molar-refractivity contribution in [2.75, 3.05) is 27.2 Å². The summed E-state index contributed by atoms with van der Waals surface area (Å²) in [6.45, 7) is 2.46. The Morgan fingerprint density at radius 2 is 1.83 bits per heavy atom. The zero-order chi connectivity index (χ0) is 17.9. The maximum Gasteiger partial charge on any atom is 0.338 e. The third-order valence-corrected chi connectivity index (χ3v) is 5.74. The Morgan fingerprint density at radius 1 is 1.21 bits per heavy atom. The van der Waals surface area contributed by atoms with Crippen LogP contribution in [-0.4, -0.2) is 62.8 Å². The minimum atomic E-state index is -3.60. The van der Waals surface area contributed by atoms with Crippen LogP contribution in [0.25, 0.3) is 0 Å². The summed E-state index contributed by atoms with van der Waals surface area (Å²) in [5, 5.41) is 0. The van der Waals surface area contributed by atoms with E-state index in [0.29, 0.717) is 13.1 Å². The van der Waals surface area contributed by atoms with Crippen LogP contribution >= 0.6 is 0 Å². The highest BCUT2D eigenvalue weighted by molar-refractivity contribution is 7.89. The maximum absolute atomic E-state index is 12.5. The fraction of sp³-hybridized carbons (Fsp3) is 0.500. The molecule has 8 heteroatoms. The van der Waals surface area contributed by atoms with Gasteiger partial charge in [-0.05, 0) is 38.0 Å². The van der Waals surface area contributed by atoms with Gasteiger partial charge in [0, 0.05) is 27.2 Å². The van der Waals surface area contributed by atoms with E-state index in [1.807, 2.05) is 0 Å². The first kappa shape index (κ1) is 18.4. The van der Waals surface area contributed by atoms with Crippen LogP contribution in [-0.2, 0) is 19.6 Å². The van der Waals surface area contributed by atoms with Crippen molar-refractivity contribution >= 4 is 21.9 Å². The van der Waals surface area contributed by atoms with Crippen LogP contribution in [0.4, 0.5) is 0 Å². The van der Waals surface area contributed by atoms with Crippen molar-refractivity contribution in [2.24, 2.45) is 0 Å². The molecule has 1 fully saturated rings. The molecular formula is C16H22N2O5S. The number of rotatable bonds is 5. The molecule has 0 unspecified atom stereocenters. The van der Waals surface area contributed by atoms with Gasteiger partial charge in [0.1, 0.15) is 0 Å². The van der Waals surface area contributed by atoms with E-state index < -0.39 is 22.1 Å². The number of likely N-dealkylation sites (N-methyl/N-ethyl adjacent to an activating group) is 1. The highest BCUT2D eigenvalue weighted by atomic mass is 32.2. The fourth-order valence-electron chi connectivity index (χ4n) is 2.50. The first-order valence-electron chi connectivity index (χ1n) is 7.76. The molecule has 1 aliphatic heterocycles. The minimum Gasteiger partial charge on any atom is -0.449 e. The smallest absolute Gasteiger partial charge is 0.338 e. The number of hydrogen-bond acceptors (Lipinski definition) is 5. The monoisotopic (exact) mass is 354 g/mol. The summed E-state index contributed by atoms with van der Waals surface area (Å²) in [6, 6.07) is 5.72. The van der Waals surface area contributed by atoms with Crippen LogP contribution in [0.1, 0.15) is 30.1 Å². The van der Waals surface area contributed by atoms with Crippen molar-refractivity contribution in [1.82, 2.24) is 9.21 Å².